The van der Waals surface area contributed by atoms with E-state index in [0.29, 0.717) is 13.1 Å². The van der Waals surface area contributed by atoms with Crippen molar-refractivity contribution < 1.29 is 14.5 Å². The number of hydrogen-bond donors (Lipinski definition) is 3. The minimum absolute atomic E-state index is 0.0365. The summed E-state index contributed by atoms with van der Waals surface area (Å²) in [7, 11) is 1.48. The van der Waals surface area contributed by atoms with Crippen molar-refractivity contribution in [1.29, 1.82) is 0 Å². The molecule has 0 fully saturated rings. The number of rotatable bonds is 8. The van der Waals surface area contributed by atoms with Crippen LogP contribution in [0.5, 0.6) is 0 Å². The third-order valence-electron chi connectivity index (χ3n) is 2.51. The van der Waals surface area contributed by atoms with Crippen LogP contribution in [0.4, 0.5) is 11.4 Å². The molecule has 0 aliphatic rings. The van der Waals surface area contributed by atoms with E-state index >= 15 is 0 Å². The third kappa shape index (κ3) is 5.21. The van der Waals surface area contributed by atoms with Gasteiger partial charge in [0.05, 0.1) is 11.5 Å². The van der Waals surface area contributed by atoms with E-state index in [0.717, 1.165) is 5.69 Å². The molecule has 0 bridgehead atoms. The van der Waals surface area contributed by atoms with E-state index in [1.807, 2.05) is 0 Å². The van der Waals surface area contributed by atoms with Crippen molar-refractivity contribution in [1.82, 2.24) is 5.32 Å². The summed E-state index contributed by atoms with van der Waals surface area (Å²) >= 11 is 0. The summed E-state index contributed by atoms with van der Waals surface area (Å²) in [6.45, 7) is 1.05. The Morgan fingerprint density at radius 1 is 1.40 bits per heavy atom. The molecular formula is C12H18N4O4. The molecule has 1 aromatic rings. The first-order valence-corrected chi connectivity index (χ1v) is 6.05. The largest absolute Gasteiger partial charge is 0.383 e. The average Bonchev–Trinajstić information content (AvgIpc) is 2.44. The molecule has 0 radical (unpaired) electrons. The minimum atomic E-state index is -0.681. The summed E-state index contributed by atoms with van der Waals surface area (Å²) < 4.78 is 4.77. The van der Waals surface area contributed by atoms with Crippen molar-refractivity contribution in [2.24, 2.45) is 5.73 Å². The Morgan fingerprint density at radius 2 is 2.05 bits per heavy atom. The highest BCUT2D eigenvalue weighted by molar-refractivity contribution is 5.81. The van der Waals surface area contributed by atoms with Crippen LogP contribution in [0.2, 0.25) is 0 Å². The molecule has 20 heavy (non-hydrogen) atoms. The van der Waals surface area contributed by atoms with Crippen molar-refractivity contribution in [2.45, 2.75) is 6.04 Å². The van der Waals surface area contributed by atoms with Crippen molar-refractivity contribution in [3.8, 4) is 0 Å². The number of nitro benzene ring substituents is 1. The van der Waals surface area contributed by atoms with Gasteiger partial charge in [-0.15, -0.1) is 0 Å². The lowest BCUT2D eigenvalue weighted by Gasteiger charge is -2.12. The third-order valence-corrected chi connectivity index (χ3v) is 2.51. The number of anilines is 1. The zero-order chi connectivity index (χ0) is 15.0. The number of nitrogens with zero attached hydrogens (tertiary/aromatic N) is 1. The lowest BCUT2D eigenvalue weighted by atomic mass is 10.3. The Bertz CT molecular complexity index is 449. The maximum Gasteiger partial charge on any atom is 0.269 e. The van der Waals surface area contributed by atoms with Gasteiger partial charge in [-0.3, -0.25) is 14.9 Å². The number of methoxy groups -OCH3 is 1. The van der Waals surface area contributed by atoms with Crippen LogP contribution in [0.15, 0.2) is 24.3 Å². The molecule has 8 heteroatoms. The normalized spacial score (nSPS) is 11.7. The molecule has 0 heterocycles. The molecule has 0 spiro atoms. The first-order valence-electron chi connectivity index (χ1n) is 6.05. The second-order valence-corrected chi connectivity index (χ2v) is 4.08. The highest BCUT2D eigenvalue weighted by Gasteiger charge is 2.11. The van der Waals surface area contributed by atoms with Gasteiger partial charge in [-0.25, -0.2) is 0 Å². The summed E-state index contributed by atoms with van der Waals surface area (Å²) in [5.41, 5.74) is 6.32. The Balaban J connectivity index is 2.27. The van der Waals surface area contributed by atoms with E-state index in [1.54, 1.807) is 12.1 Å². The van der Waals surface area contributed by atoms with Crippen LogP contribution in [0.1, 0.15) is 0 Å². The van der Waals surface area contributed by atoms with Crippen LogP contribution < -0.4 is 16.4 Å². The molecule has 0 aliphatic carbocycles. The molecule has 1 rings (SSSR count). The van der Waals surface area contributed by atoms with Crippen LogP contribution >= 0.6 is 0 Å². The van der Waals surface area contributed by atoms with E-state index in [4.69, 9.17) is 10.5 Å². The Morgan fingerprint density at radius 3 is 2.60 bits per heavy atom. The Hall–Kier alpha value is -2.19. The summed E-state index contributed by atoms with van der Waals surface area (Å²) in [4.78, 5) is 21.5. The highest BCUT2D eigenvalue weighted by Crippen LogP contribution is 2.14. The highest BCUT2D eigenvalue weighted by atomic mass is 16.6. The van der Waals surface area contributed by atoms with Gasteiger partial charge in [-0.2, -0.15) is 0 Å². The van der Waals surface area contributed by atoms with Gasteiger partial charge in [0.2, 0.25) is 5.91 Å². The number of nitro groups is 1. The van der Waals surface area contributed by atoms with E-state index in [1.165, 1.54) is 19.2 Å². The average molecular weight is 282 g/mol. The summed E-state index contributed by atoms with van der Waals surface area (Å²) in [5.74, 6) is -0.280. The van der Waals surface area contributed by atoms with Crippen molar-refractivity contribution >= 4 is 17.3 Å². The van der Waals surface area contributed by atoms with Crippen molar-refractivity contribution in [3.63, 3.8) is 0 Å². The van der Waals surface area contributed by atoms with Crippen LogP contribution in [0.3, 0.4) is 0 Å². The van der Waals surface area contributed by atoms with Crippen LogP contribution in [-0.4, -0.2) is 43.7 Å². The molecule has 1 unspecified atom stereocenters. The number of hydrogen-bond acceptors (Lipinski definition) is 6. The maximum absolute atomic E-state index is 11.4. The molecule has 0 saturated heterocycles. The summed E-state index contributed by atoms with van der Waals surface area (Å²) in [5, 5.41) is 16.2. The number of carbonyl (C=O) groups is 1. The summed E-state index contributed by atoms with van der Waals surface area (Å²) in [6.07, 6.45) is 0. The van der Waals surface area contributed by atoms with Gasteiger partial charge < -0.3 is 21.1 Å². The van der Waals surface area contributed by atoms with Crippen LogP contribution in [-0.2, 0) is 9.53 Å². The van der Waals surface area contributed by atoms with Crippen molar-refractivity contribution in [2.75, 3.05) is 32.1 Å². The zero-order valence-electron chi connectivity index (χ0n) is 11.2. The molecule has 1 amide bonds. The maximum atomic E-state index is 11.4. The SMILES string of the molecule is COCC(N)C(=O)NCCNc1ccc([N+](=O)[O-])cc1. The first-order chi connectivity index (χ1) is 9.54. The molecule has 110 valence electrons. The number of non-ortho nitro benzene ring substituents is 1. The Labute approximate surface area is 116 Å². The number of carbonyl (C=O) groups excluding carboxylic acids is 1. The Kier molecular flexibility index (Phi) is 6.41. The van der Waals surface area contributed by atoms with Gasteiger partial charge in [0.15, 0.2) is 0 Å². The molecular weight excluding hydrogens is 264 g/mol. The second-order valence-electron chi connectivity index (χ2n) is 4.08. The van der Waals surface area contributed by atoms with Crippen LogP contribution in [0, 0.1) is 10.1 Å². The molecule has 1 aromatic carbocycles. The first kappa shape index (κ1) is 15.9. The molecule has 4 N–H and O–H groups in total. The number of nitrogens with two attached hydrogens (primary N) is 1. The van der Waals surface area contributed by atoms with Gasteiger partial charge in [-0.1, -0.05) is 0 Å². The fraction of sp³-hybridized carbons (Fsp3) is 0.417. The monoisotopic (exact) mass is 282 g/mol. The topological polar surface area (TPSA) is 120 Å². The number of amides is 1. The van der Waals surface area contributed by atoms with E-state index < -0.39 is 11.0 Å². The fourth-order valence-corrected chi connectivity index (χ4v) is 1.48. The smallest absolute Gasteiger partial charge is 0.269 e. The number of nitrogens with one attached hydrogen (secondary N) is 2. The van der Waals surface area contributed by atoms with E-state index in [-0.39, 0.29) is 18.2 Å². The van der Waals surface area contributed by atoms with Crippen molar-refractivity contribution in [3.05, 3.63) is 34.4 Å². The quantitative estimate of drug-likeness (QED) is 0.353. The van der Waals surface area contributed by atoms with Gasteiger partial charge in [0.1, 0.15) is 6.04 Å². The molecule has 8 nitrogen and oxygen atoms in total. The zero-order valence-corrected chi connectivity index (χ0v) is 11.2. The van der Waals surface area contributed by atoms with Gasteiger partial charge in [-0.05, 0) is 12.1 Å². The summed E-state index contributed by atoms with van der Waals surface area (Å²) in [6, 6.07) is 5.36. The van der Waals surface area contributed by atoms with Gasteiger partial charge >= 0.3 is 0 Å². The lowest BCUT2D eigenvalue weighted by Crippen LogP contribution is -2.44. The van der Waals surface area contributed by atoms with Gasteiger partial charge in [0, 0.05) is 38.0 Å². The lowest BCUT2D eigenvalue weighted by molar-refractivity contribution is -0.384. The predicted octanol–water partition coefficient (Wildman–Crippen LogP) is 0.0966. The standard InChI is InChI=1S/C12H18N4O4/c1-20-8-11(13)12(17)15-7-6-14-9-2-4-10(5-3-9)16(18)19/h2-5,11,14H,6-8,13H2,1H3,(H,15,17). The number of ether oxygens (including phenoxy) is 1. The molecule has 0 saturated carbocycles. The van der Waals surface area contributed by atoms with E-state index in [2.05, 4.69) is 10.6 Å². The predicted molar refractivity (Wildman–Crippen MR) is 74.4 cm³/mol. The fourth-order valence-electron chi connectivity index (χ4n) is 1.48. The van der Waals surface area contributed by atoms with E-state index in [9.17, 15) is 14.9 Å². The number of benzene rings is 1. The molecule has 1 atom stereocenters. The van der Waals surface area contributed by atoms with Gasteiger partial charge in [0.25, 0.3) is 5.69 Å². The molecule has 0 aliphatic heterocycles. The van der Waals surface area contributed by atoms with Crippen LogP contribution in [0.25, 0.3) is 0 Å². The molecule has 0 aromatic heterocycles. The minimum Gasteiger partial charge on any atom is -0.383 e. The second kappa shape index (κ2) is 8.08.